The maximum Gasteiger partial charge on any atom is 0.161 e. The summed E-state index contributed by atoms with van der Waals surface area (Å²) in [4.78, 5) is 0. The summed E-state index contributed by atoms with van der Waals surface area (Å²) in [5.41, 5.74) is 0.323. The predicted octanol–water partition coefficient (Wildman–Crippen LogP) is 2.95. The van der Waals surface area contributed by atoms with Crippen LogP contribution in [0.1, 0.15) is 31.2 Å². The van der Waals surface area contributed by atoms with Crippen molar-refractivity contribution in [1.82, 2.24) is 0 Å². The van der Waals surface area contributed by atoms with Gasteiger partial charge in [0.1, 0.15) is 6.10 Å². The number of methoxy groups -OCH3 is 1. The zero-order valence-corrected chi connectivity index (χ0v) is 12.0. The Hall–Kier alpha value is -0.870. The summed E-state index contributed by atoms with van der Waals surface area (Å²) in [6.07, 6.45) is 4.18. The van der Waals surface area contributed by atoms with Crippen LogP contribution in [0.2, 0.25) is 0 Å². The molecule has 4 heteroatoms. The third-order valence-corrected chi connectivity index (χ3v) is 4.94. The van der Waals surface area contributed by atoms with Crippen molar-refractivity contribution in [2.24, 2.45) is 0 Å². The van der Waals surface area contributed by atoms with Crippen LogP contribution < -0.4 is 9.47 Å². The molecule has 0 radical (unpaired) electrons. The van der Waals surface area contributed by atoms with Gasteiger partial charge in [-0.05, 0) is 54.9 Å². The third-order valence-electron chi connectivity index (χ3n) is 3.89. The molecule has 0 bridgehead atoms. The maximum atomic E-state index is 10.1. The van der Waals surface area contributed by atoms with Crippen molar-refractivity contribution in [3.05, 3.63) is 23.8 Å². The summed E-state index contributed by atoms with van der Waals surface area (Å²) >= 11 is 1.99. The SMILES string of the molecule is COc1cc(C2(O)CC2)ccc1OC1CCSCC1. The first kappa shape index (κ1) is 13.1. The highest BCUT2D eigenvalue weighted by molar-refractivity contribution is 7.99. The number of hydrogen-bond donors (Lipinski definition) is 1. The van der Waals surface area contributed by atoms with Crippen LogP contribution >= 0.6 is 11.8 Å². The Bertz CT molecular complexity index is 451. The molecule has 3 rings (SSSR count). The Morgan fingerprint density at radius 1 is 1.21 bits per heavy atom. The second-order valence-corrected chi connectivity index (χ2v) is 6.55. The molecule has 19 heavy (non-hydrogen) atoms. The Morgan fingerprint density at radius 3 is 2.58 bits per heavy atom. The van der Waals surface area contributed by atoms with Crippen molar-refractivity contribution >= 4 is 11.8 Å². The molecule has 1 N–H and O–H groups in total. The molecule has 0 amide bonds. The van der Waals surface area contributed by atoms with Crippen LogP contribution in [0.5, 0.6) is 11.5 Å². The fraction of sp³-hybridized carbons (Fsp3) is 0.600. The lowest BCUT2D eigenvalue weighted by molar-refractivity contribution is 0.150. The van der Waals surface area contributed by atoms with Crippen molar-refractivity contribution < 1.29 is 14.6 Å². The number of hydrogen-bond acceptors (Lipinski definition) is 4. The van der Waals surface area contributed by atoms with Gasteiger partial charge in [-0.2, -0.15) is 11.8 Å². The van der Waals surface area contributed by atoms with E-state index in [-0.39, 0.29) is 0 Å². The van der Waals surface area contributed by atoms with E-state index >= 15 is 0 Å². The number of ether oxygens (including phenoxy) is 2. The van der Waals surface area contributed by atoms with E-state index in [0.29, 0.717) is 6.10 Å². The molecule has 0 atom stereocenters. The molecule has 0 spiro atoms. The molecule has 3 nitrogen and oxygen atoms in total. The van der Waals surface area contributed by atoms with E-state index in [1.54, 1.807) is 7.11 Å². The van der Waals surface area contributed by atoms with Gasteiger partial charge in [0.15, 0.2) is 11.5 Å². The van der Waals surface area contributed by atoms with E-state index in [1.165, 1.54) is 11.5 Å². The molecule has 104 valence electrons. The molecule has 1 saturated heterocycles. The first-order valence-electron chi connectivity index (χ1n) is 6.86. The van der Waals surface area contributed by atoms with E-state index in [0.717, 1.165) is 42.7 Å². The average molecular weight is 280 g/mol. The quantitative estimate of drug-likeness (QED) is 0.920. The van der Waals surface area contributed by atoms with Gasteiger partial charge in [0, 0.05) is 0 Å². The summed E-state index contributed by atoms with van der Waals surface area (Å²) in [5.74, 6) is 3.87. The number of aliphatic hydroxyl groups is 1. The van der Waals surface area contributed by atoms with Gasteiger partial charge in [-0.1, -0.05) is 6.07 Å². The molecule has 2 fully saturated rings. The second kappa shape index (κ2) is 5.25. The third kappa shape index (κ3) is 2.84. The molecule has 1 aliphatic carbocycles. The molecular weight excluding hydrogens is 260 g/mol. The van der Waals surface area contributed by atoms with Crippen LogP contribution in [-0.2, 0) is 5.60 Å². The van der Waals surface area contributed by atoms with Crippen molar-refractivity contribution in [2.45, 2.75) is 37.4 Å². The number of benzene rings is 1. The summed E-state index contributed by atoms with van der Waals surface area (Å²) < 4.78 is 11.5. The molecule has 0 aromatic heterocycles. The summed E-state index contributed by atoms with van der Waals surface area (Å²) in [5, 5.41) is 10.1. The Morgan fingerprint density at radius 2 is 1.95 bits per heavy atom. The highest BCUT2D eigenvalue weighted by Crippen LogP contribution is 2.47. The molecule has 1 heterocycles. The molecule has 1 saturated carbocycles. The normalized spacial score (nSPS) is 22.0. The van der Waals surface area contributed by atoms with Crippen LogP contribution in [0.4, 0.5) is 0 Å². The Labute approximate surface area is 118 Å². The fourth-order valence-corrected chi connectivity index (χ4v) is 3.50. The highest BCUT2D eigenvalue weighted by Gasteiger charge is 2.42. The van der Waals surface area contributed by atoms with E-state index in [4.69, 9.17) is 9.47 Å². The lowest BCUT2D eigenvalue weighted by atomic mass is 10.1. The van der Waals surface area contributed by atoms with Crippen LogP contribution in [0.3, 0.4) is 0 Å². The number of rotatable bonds is 4. The Kier molecular flexibility index (Phi) is 3.63. The van der Waals surface area contributed by atoms with E-state index in [2.05, 4.69) is 0 Å². The van der Waals surface area contributed by atoms with Gasteiger partial charge in [0.05, 0.1) is 12.7 Å². The fourth-order valence-electron chi connectivity index (χ4n) is 2.43. The molecule has 2 aliphatic rings. The van der Waals surface area contributed by atoms with Crippen LogP contribution in [0.15, 0.2) is 18.2 Å². The zero-order valence-electron chi connectivity index (χ0n) is 11.2. The highest BCUT2D eigenvalue weighted by atomic mass is 32.2. The van der Waals surface area contributed by atoms with Gasteiger partial charge in [0.2, 0.25) is 0 Å². The summed E-state index contributed by atoms with van der Waals surface area (Å²) in [6.45, 7) is 0. The summed E-state index contributed by atoms with van der Waals surface area (Å²) in [7, 11) is 1.65. The Balaban J connectivity index is 1.76. The van der Waals surface area contributed by atoms with Gasteiger partial charge in [-0.3, -0.25) is 0 Å². The smallest absolute Gasteiger partial charge is 0.161 e. The first-order valence-corrected chi connectivity index (χ1v) is 8.02. The van der Waals surface area contributed by atoms with Crippen molar-refractivity contribution in [3.8, 4) is 11.5 Å². The molecule has 1 aromatic carbocycles. The monoisotopic (exact) mass is 280 g/mol. The van der Waals surface area contributed by atoms with Gasteiger partial charge in [0.25, 0.3) is 0 Å². The molecule has 1 aliphatic heterocycles. The van der Waals surface area contributed by atoms with Crippen molar-refractivity contribution in [2.75, 3.05) is 18.6 Å². The van der Waals surface area contributed by atoms with E-state index in [9.17, 15) is 5.11 Å². The summed E-state index contributed by atoms with van der Waals surface area (Å²) in [6, 6.07) is 5.81. The zero-order chi connectivity index (χ0) is 13.3. The second-order valence-electron chi connectivity index (χ2n) is 5.33. The van der Waals surface area contributed by atoms with Gasteiger partial charge in [-0.25, -0.2) is 0 Å². The first-order chi connectivity index (χ1) is 9.21. The van der Waals surface area contributed by atoms with Crippen molar-refractivity contribution in [1.29, 1.82) is 0 Å². The standard InChI is InChI=1S/C15H20O3S/c1-17-14-10-11(15(16)6-7-15)2-3-13(14)18-12-4-8-19-9-5-12/h2-3,10,12,16H,4-9H2,1H3. The number of thioether (sulfide) groups is 1. The van der Waals surface area contributed by atoms with Crippen molar-refractivity contribution in [3.63, 3.8) is 0 Å². The molecule has 0 unspecified atom stereocenters. The molecular formula is C15H20O3S. The van der Waals surface area contributed by atoms with Gasteiger partial charge >= 0.3 is 0 Å². The van der Waals surface area contributed by atoms with E-state index in [1.807, 2.05) is 30.0 Å². The van der Waals surface area contributed by atoms with Gasteiger partial charge < -0.3 is 14.6 Å². The minimum absolute atomic E-state index is 0.296. The van der Waals surface area contributed by atoms with Crippen LogP contribution in [-0.4, -0.2) is 29.8 Å². The largest absolute Gasteiger partial charge is 0.493 e. The maximum absolute atomic E-state index is 10.1. The minimum atomic E-state index is -0.618. The van der Waals surface area contributed by atoms with Crippen LogP contribution in [0, 0.1) is 0 Å². The molecule has 1 aromatic rings. The lowest BCUT2D eigenvalue weighted by Gasteiger charge is -2.24. The average Bonchev–Trinajstić information content (AvgIpc) is 3.19. The van der Waals surface area contributed by atoms with Crippen LogP contribution in [0.25, 0.3) is 0 Å². The lowest BCUT2D eigenvalue weighted by Crippen LogP contribution is -2.22. The van der Waals surface area contributed by atoms with E-state index < -0.39 is 5.60 Å². The predicted molar refractivity (Wildman–Crippen MR) is 77.1 cm³/mol. The topological polar surface area (TPSA) is 38.7 Å². The van der Waals surface area contributed by atoms with Gasteiger partial charge in [-0.15, -0.1) is 0 Å². The minimum Gasteiger partial charge on any atom is -0.493 e.